The summed E-state index contributed by atoms with van der Waals surface area (Å²) in [5.74, 6) is -0.884. The molecule has 0 saturated carbocycles. The van der Waals surface area contributed by atoms with Gasteiger partial charge in [-0.15, -0.1) is 0 Å². The van der Waals surface area contributed by atoms with Gasteiger partial charge < -0.3 is 5.11 Å². The van der Waals surface area contributed by atoms with Gasteiger partial charge in [0, 0.05) is 10.9 Å². The second-order valence-corrected chi connectivity index (χ2v) is 6.98. The standard InChI is InChI=1S/C11H12ClFO3S/c12-9-3-8(4-10(13)5-9)11(14)7-1-2-17(15,16)6-7/h3-5,7,11,14H,1-2,6H2. The van der Waals surface area contributed by atoms with Crippen LogP contribution in [-0.2, 0) is 9.84 Å². The zero-order valence-corrected chi connectivity index (χ0v) is 10.5. The highest BCUT2D eigenvalue weighted by molar-refractivity contribution is 7.91. The van der Waals surface area contributed by atoms with Crippen molar-refractivity contribution >= 4 is 21.4 Å². The van der Waals surface area contributed by atoms with Gasteiger partial charge in [0.15, 0.2) is 9.84 Å². The lowest BCUT2D eigenvalue weighted by Gasteiger charge is -2.17. The zero-order chi connectivity index (χ0) is 12.6. The summed E-state index contributed by atoms with van der Waals surface area (Å²) >= 11 is 5.69. The van der Waals surface area contributed by atoms with Crippen LogP contribution in [0.25, 0.3) is 0 Å². The number of sulfone groups is 1. The van der Waals surface area contributed by atoms with E-state index >= 15 is 0 Å². The van der Waals surface area contributed by atoms with Gasteiger partial charge in [0.05, 0.1) is 17.6 Å². The Morgan fingerprint density at radius 1 is 1.41 bits per heavy atom. The third-order valence-corrected chi connectivity index (χ3v) is 4.95. The summed E-state index contributed by atoms with van der Waals surface area (Å²) < 4.78 is 35.7. The molecule has 0 spiro atoms. The van der Waals surface area contributed by atoms with Crippen LogP contribution >= 0.6 is 11.6 Å². The maximum absolute atomic E-state index is 13.1. The molecule has 1 saturated heterocycles. The Bertz CT molecular complexity index is 509. The van der Waals surface area contributed by atoms with Crippen LogP contribution < -0.4 is 0 Å². The quantitative estimate of drug-likeness (QED) is 0.900. The van der Waals surface area contributed by atoms with E-state index in [2.05, 4.69) is 0 Å². The summed E-state index contributed by atoms with van der Waals surface area (Å²) in [6.07, 6.45) is -0.585. The molecule has 2 atom stereocenters. The highest BCUT2D eigenvalue weighted by Gasteiger charge is 2.33. The Hall–Kier alpha value is -0.650. The van der Waals surface area contributed by atoms with Crippen molar-refractivity contribution in [2.75, 3.05) is 11.5 Å². The maximum Gasteiger partial charge on any atom is 0.150 e. The molecule has 0 bridgehead atoms. The molecule has 1 N–H and O–H groups in total. The van der Waals surface area contributed by atoms with Gasteiger partial charge in [-0.2, -0.15) is 0 Å². The molecule has 3 nitrogen and oxygen atoms in total. The third kappa shape index (κ3) is 2.97. The van der Waals surface area contributed by atoms with Crippen LogP contribution in [0, 0.1) is 11.7 Å². The van der Waals surface area contributed by atoms with Crippen molar-refractivity contribution < 1.29 is 17.9 Å². The molecule has 17 heavy (non-hydrogen) atoms. The van der Waals surface area contributed by atoms with E-state index < -0.39 is 21.8 Å². The molecule has 2 unspecified atom stereocenters. The van der Waals surface area contributed by atoms with Gasteiger partial charge in [0.1, 0.15) is 5.82 Å². The van der Waals surface area contributed by atoms with Gasteiger partial charge in [0.2, 0.25) is 0 Å². The van der Waals surface area contributed by atoms with Crippen LogP contribution in [0.1, 0.15) is 18.1 Å². The van der Waals surface area contributed by atoms with Gasteiger partial charge in [-0.1, -0.05) is 11.6 Å². The first kappa shape index (κ1) is 12.8. The molecule has 1 aliphatic heterocycles. The molecule has 94 valence electrons. The van der Waals surface area contributed by atoms with Crippen molar-refractivity contribution in [2.24, 2.45) is 5.92 Å². The van der Waals surface area contributed by atoms with Gasteiger partial charge in [-0.05, 0) is 30.2 Å². The summed E-state index contributed by atoms with van der Waals surface area (Å²) in [5, 5.41) is 10.2. The largest absolute Gasteiger partial charge is 0.388 e. The molecule has 0 amide bonds. The number of aliphatic hydroxyl groups excluding tert-OH is 1. The second kappa shape index (κ2) is 4.55. The molecule has 0 radical (unpaired) electrons. The van der Waals surface area contributed by atoms with E-state index in [1.807, 2.05) is 0 Å². The maximum atomic E-state index is 13.1. The molecular formula is C11H12ClFO3S. The average molecular weight is 279 g/mol. The average Bonchev–Trinajstić information content (AvgIpc) is 2.56. The minimum atomic E-state index is -3.06. The summed E-state index contributed by atoms with van der Waals surface area (Å²) in [6.45, 7) is 0. The summed E-state index contributed by atoms with van der Waals surface area (Å²) in [5.41, 5.74) is 0.331. The lowest BCUT2D eigenvalue weighted by Crippen LogP contribution is -2.14. The fourth-order valence-corrected chi connectivity index (χ4v) is 4.15. The van der Waals surface area contributed by atoms with E-state index in [1.165, 1.54) is 12.1 Å². The molecule has 1 fully saturated rings. The van der Waals surface area contributed by atoms with Gasteiger partial charge in [0.25, 0.3) is 0 Å². The molecule has 1 heterocycles. The topological polar surface area (TPSA) is 54.4 Å². The van der Waals surface area contributed by atoms with E-state index in [4.69, 9.17) is 11.6 Å². The van der Waals surface area contributed by atoms with Crippen molar-refractivity contribution in [3.8, 4) is 0 Å². The van der Waals surface area contributed by atoms with Crippen molar-refractivity contribution in [2.45, 2.75) is 12.5 Å². The SMILES string of the molecule is O=S1(=O)CCC(C(O)c2cc(F)cc(Cl)c2)C1. The van der Waals surface area contributed by atoms with Crippen LogP contribution in [0.3, 0.4) is 0 Å². The minimum Gasteiger partial charge on any atom is -0.388 e. The Labute approximate surface area is 104 Å². The minimum absolute atomic E-state index is 0.0533. The molecule has 6 heteroatoms. The van der Waals surface area contributed by atoms with Gasteiger partial charge >= 0.3 is 0 Å². The zero-order valence-electron chi connectivity index (χ0n) is 8.94. The van der Waals surface area contributed by atoms with Crippen molar-refractivity contribution in [3.05, 3.63) is 34.6 Å². The summed E-state index contributed by atoms with van der Waals surface area (Å²) in [6, 6.07) is 3.78. The van der Waals surface area contributed by atoms with Gasteiger partial charge in [-0.25, -0.2) is 12.8 Å². The van der Waals surface area contributed by atoms with E-state index in [-0.39, 0.29) is 22.4 Å². The van der Waals surface area contributed by atoms with Crippen molar-refractivity contribution in [3.63, 3.8) is 0 Å². The Kier molecular flexibility index (Phi) is 3.43. The molecule has 1 aliphatic rings. The first-order valence-corrected chi connectivity index (χ1v) is 7.42. The Balaban J connectivity index is 2.23. The van der Waals surface area contributed by atoms with Crippen LogP contribution in [0.4, 0.5) is 4.39 Å². The number of hydrogen-bond acceptors (Lipinski definition) is 3. The van der Waals surface area contributed by atoms with E-state index in [0.717, 1.165) is 6.07 Å². The van der Waals surface area contributed by atoms with Crippen molar-refractivity contribution in [1.82, 2.24) is 0 Å². The molecule has 0 aliphatic carbocycles. The third-order valence-electron chi connectivity index (χ3n) is 2.94. The smallest absolute Gasteiger partial charge is 0.150 e. The monoisotopic (exact) mass is 278 g/mol. The number of benzene rings is 1. The fourth-order valence-electron chi connectivity index (χ4n) is 2.09. The number of rotatable bonds is 2. The highest BCUT2D eigenvalue weighted by Crippen LogP contribution is 2.32. The lowest BCUT2D eigenvalue weighted by atomic mass is 9.95. The molecule has 2 rings (SSSR count). The Morgan fingerprint density at radius 2 is 2.12 bits per heavy atom. The predicted molar refractivity (Wildman–Crippen MR) is 63.1 cm³/mol. The number of halogens is 2. The van der Waals surface area contributed by atoms with E-state index in [9.17, 15) is 17.9 Å². The lowest BCUT2D eigenvalue weighted by molar-refractivity contribution is 0.120. The number of hydrogen-bond donors (Lipinski definition) is 1. The fraction of sp³-hybridized carbons (Fsp3) is 0.455. The van der Waals surface area contributed by atoms with Crippen molar-refractivity contribution in [1.29, 1.82) is 0 Å². The highest BCUT2D eigenvalue weighted by atomic mass is 35.5. The van der Waals surface area contributed by atoms with Crippen LogP contribution in [0.2, 0.25) is 5.02 Å². The molecule has 0 aromatic heterocycles. The molecular weight excluding hydrogens is 267 g/mol. The van der Waals surface area contributed by atoms with Crippen LogP contribution in [0.5, 0.6) is 0 Å². The first-order chi connectivity index (χ1) is 7.87. The first-order valence-electron chi connectivity index (χ1n) is 5.22. The summed E-state index contributed by atoms with van der Waals surface area (Å²) in [7, 11) is -3.06. The van der Waals surface area contributed by atoms with E-state index in [0.29, 0.717) is 12.0 Å². The Morgan fingerprint density at radius 3 is 2.65 bits per heavy atom. The van der Waals surface area contributed by atoms with Gasteiger partial charge in [-0.3, -0.25) is 0 Å². The molecule has 1 aromatic rings. The number of aliphatic hydroxyl groups is 1. The second-order valence-electron chi connectivity index (χ2n) is 4.31. The predicted octanol–water partition coefficient (Wildman–Crippen LogP) is 1.95. The van der Waals surface area contributed by atoms with Crippen LogP contribution in [-0.4, -0.2) is 25.0 Å². The van der Waals surface area contributed by atoms with E-state index in [1.54, 1.807) is 0 Å². The summed E-state index contributed by atoms with van der Waals surface area (Å²) in [4.78, 5) is 0. The normalized spacial score (nSPS) is 24.8. The molecule has 1 aromatic carbocycles. The van der Waals surface area contributed by atoms with Crippen LogP contribution in [0.15, 0.2) is 18.2 Å².